The van der Waals surface area contributed by atoms with E-state index in [2.05, 4.69) is 142 Å². The molecule has 0 aromatic heterocycles. The molecular weight excluding hydrogens is 480 g/mol. The van der Waals surface area contributed by atoms with Crippen molar-refractivity contribution in [3.8, 4) is 0 Å². The Labute approximate surface area is 248 Å². The van der Waals surface area contributed by atoms with Gasteiger partial charge < -0.3 is 0 Å². The highest BCUT2D eigenvalue weighted by Crippen LogP contribution is 2.41. The molecule has 0 spiro atoms. The summed E-state index contributed by atoms with van der Waals surface area (Å²) in [6, 6.07) is 0. The molecule has 0 saturated heterocycles. The second-order valence-electron chi connectivity index (χ2n) is 13.6. The molecule has 0 aliphatic heterocycles. The molecule has 40 heavy (non-hydrogen) atoms. The summed E-state index contributed by atoms with van der Waals surface area (Å²) in [5, 5.41) is 0. The van der Waals surface area contributed by atoms with Crippen LogP contribution in [0.25, 0.3) is 0 Å². The van der Waals surface area contributed by atoms with Crippen molar-refractivity contribution < 1.29 is 0 Å². The Hall–Kier alpha value is -2.60. The minimum atomic E-state index is 0.295. The fraction of sp³-hybridized carbons (Fsp3) is 0.500. The van der Waals surface area contributed by atoms with Gasteiger partial charge in [0.2, 0.25) is 0 Å². The normalized spacial score (nSPS) is 21.8. The van der Waals surface area contributed by atoms with Crippen molar-refractivity contribution in [3.05, 3.63) is 117 Å². The Balaban J connectivity index is 1.83. The summed E-state index contributed by atoms with van der Waals surface area (Å²) in [5.41, 5.74) is 12.1. The van der Waals surface area contributed by atoms with E-state index in [1.807, 2.05) is 0 Å². The van der Waals surface area contributed by atoms with Crippen LogP contribution in [0.1, 0.15) is 121 Å². The molecule has 0 radical (unpaired) electrons. The zero-order chi connectivity index (χ0) is 29.8. The minimum absolute atomic E-state index is 0.295. The molecule has 0 atom stereocenters. The van der Waals surface area contributed by atoms with Gasteiger partial charge in [0, 0.05) is 0 Å². The van der Waals surface area contributed by atoms with Gasteiger partial charge in [-0.05, 0) is 115 Å². The second kappa shape index (κ2) is 16.0. The lowest BCUT2D eigenvalue weighted by molar-refractivity contribution is 0.376. The van der Waals surface area contributed by atoms with Gasteiger partial charge in [0.1, 0.15) is 0 Å². The highest BCUT2D eigenvalue weighted by Gasteiger charge is 2.27. The van der Waals surface area contributed by atoms with Crippen LogP contribution in [0, 0.1) is 10.8 Å². The van der Waals surface area contributed by atoms with Gasteiger partial charge in [-0.3, -0.25) is 0 Å². The van der Waals surface area contributed by atoms with Crippen LogP contribution in [0.15, 0.2) is 117 Å². The first-order valence-electron chi connectivity index (χ1n) is 15.6. The predicted octanol–water partition coefficient (Wildman–Crippen LogP) is 12.8. The zero-order valence-corrected chi connectivity index (χ0v) is 27.6. The molecule has 218 valence electrons. The Morgan fingerprint density at radius 2 is 1.10 bits per heavy atom. The quantitative estimate of drug-likeness (QED) is 0.229. The van der Waals surface area contributed by atoms with E-state index >= 15 is 0 Å². The fourth-order valence-corrected chi connectivity index (χ4v) is 6.02. The summed E-state index contributed by atoms with van der Waals surface area (Å²) in [5.74, 6) is 0. The third-order valence-electron chi connectivity index (χ3n) is 8.68. The molecule has 0 heterocycles. The third-order valence-corrected chi connectivity index (χ3v) is 8.68. The van der Waals surface area contributed by atoms with Crippen molar-refractivity contribution in [1.29, 1.82) is 0 Å². The number of rotatable bonds is 11. The average Bonchev–Trinajstić information content (AvgIpc) is 2.85. The van der Waals surface area contributed by atoms with Crippen LogP contribution in [0.2, 0.25) is 0 Å². The smallest absolute Gasteiger partial charge is 0.0104 e. The maximum absolute atomic E-state index is 2.39. The highest BCUT2D eigenvalue weighted by atomic mass is 14.3. The SMILES string of the molecule is CC1=C(/C=C/C(C)=C\CC/C(C)=C/C=C/C=C(C)\C=C\C=C(C)\C=C\C2=C(C)CCCC2(C)C)C(C)(C)CCC1. The van der Waals surface area contributed by atoms with Crippen molar-refractivity contribution in [2.75, 3.05) is 0 Å². The third kappa shape index (κ3) is 11.5. The van der Waals surface area contributed by atoms with Crippen LogP contribution in [0.3, 0.4) is 0 Å². The lowest BCUT2D eigenvalue weighted by Crippen LogP contribution is -2.19. The van der Waals surface area contributed by atoms with Crippen molar-refractivity contribution in [3.63, 3.8) is 0 Å². The standard InChI is InChI=1S/C40H58/c1-31(19-13-21-33(3)25-27-37-35(5)23-15-29-39(37,7)8)17-11-12-18-32(2)20-14-22-34(4)26-28-38-36(6)24-16-30-40(38,9)10/h11-13,17-19,21-22,25-28H,14-16,20,23-24,29-30H2,1-10H3/b12-11+,19-13+,27-25+,28-26+,31-17-,32-18+,33-21+,34-22-. The molecule has 0 fully saturated rings. The second-order valence-corrected chi connectivity index (χ2v) is 13.6. The van der Waals surface area contributed by atoms with Gasteiger partial charge in [-0.25, -0.2) is 0 Å². The van der Waals surface area contributed by atoms with E-state index in [0.717, 1.165) is 12.8 Å². The minimum Gasteiger partial charge on any atom is -0.0813 e. The molecule has 0 unspecified atom stereocenters. The monoisotopic (exact) mass is 538 g/mol. The van der Waals surface area contributed by atoms with Crippen molar-refractivity contribution in [2.45, 2.75) is 121 Å². The molecule has 2 aliphatic rings. The summed E-state index contributed by atoms with van der Waals surface area (Å²) in [7, 11) is 0. The summed E-state index contributed by atoms with van der Waals surface area (Å²) < 4.78 is 0. The topological polar surface area (TPSA) is 0 Å². The van der Waals surface area contributed by atoms with Crippen LogP contribution >= 0.6 is 0 Å². The molecule has 0 bridgehead atoms. The van der Waals surface area contributed by atoms with E-state index in [4.69, 9.17) is 0 Å². The maximum atomic E-state index is 2.39. The van der Waals surface area contributed by atoms with E-state index < -0.39 is 0 Å². The number of allylic oxidation sites excluding steroid dienone is 20. The predicted molar refractivity (Wildman–Crippen MR) is 181 cm³/mol. The van der Waals surface area contributed by atoms with Gasteiger partial charge >= 0.3 is 0 Å². The van der Waals surface area contributed by atoms with E-state index in [1.54, 1.807) is 16.7 Å². The highest BCUT2D eigenvalue weighted by molar-refractivity contribution is 5.38. The largest absolute Gasteiger partial charge is 0.0813 e. The van der Waals surface area contributed by atoms with E-state index in [1.165, 1.54) is 66.4 Å². The molecule has 0 saturated carbocycles. The molecule has 0 heteroatoms. The first-order chi connectivity index (χ1) is 18.8. The molecule has 0 N–H and O–H groups in total. The Bertz CT molecular complexity index is 1170. The summed E-state index contributed by atoms with van der Waals surface area (Å²) >= 11 is 0. The van der Waals surface area contributed by atoms with Crippen LogP contribution < -0.4 is 0 Å². The molecular formula is C40H58. The zero-order valence-electron chi connectivity index (χ0n) is 27.6. The van der Waals surface area contributed by atoms with Gasteiger partial charge in [-0.2, -0.15) is 0 Å². The van der Waals surface area contributed by atoms with E-state index in [9.17, 15) is 0 Å². The molecule has 0 aromatic carbocycles. The van der Waals surface area contributed by atoms with Crippen LogP contribution in [0.5, 0.6) is 0 Å². The number of hydrogen-bond acceptors (Lipinski definition) is 0. The van der Waals surface area contributed by atoms with Crippen molar-refractivity contribution >= 4 is 0 Å². The van der Waals surface area contributed by atoms with E-state index in [0.29, 0.717) is 10.8 Å². The summed E-state index contributed by atoms with van der Waals surface area (Å²) in [6.07, 6.45) is 36.8. The molecule has 2 rings (SSSR count). The molecule has 2 aliphatic carbocycles. The average molecular weight is 539 g/mol. The van der Waals surface area contributed by atoms with Gasteiger partial charge in [0.05, 0.1) is 0 Å². The molecule has 0 amide bonds. The van der Waals surface area contributed by atoms with Crippen LogP contribution in [-0.2, 0) is 0 Å². The number of hydrogen-bond donors (Lipinski definition) is 0. The van der Waals surface area contributed by atoms with Gasteiger partial charge in [0.25, 0.3) is 0 Å². The van der Waals surface area contributed by atoms with Gasteiger partial charge in [0.15, 0.2) is 0 Å². The van der Waals surface area contributed by atoms with Crippen molar-refractivity contribution in [1.82, 2.24) is 0 Å². The van der Waals surface area contributed by atoms with E-state index in [-0.39, 0.29) is 0 Å². The summed E-state index contributed by atoms with van der Waals surface area (Å²) in [4.78, 5) is 0. The Morgan fingerprint density at radius 3 is 1.65 bits per heavy atom. The Morgan fingerprint density at radius 1 is 0.625 bits per heavy atom. The molecule has 0 aromatic rings. The van der Waals surface area contributed by atoms with Gasteiger partial charge in [-0.15, -0.1) is 0 Å². The van der Waals surface area contributed by atoms with Crippen LogP contribution in [0.4, 0.5) is 0 Å². The summed E-state index contributed by atoms with van der Waals surface area (Å²) in [6.45, 7) is 22.9. The lowest BCUT2D eigenvalue weighted by Gasteiger charge is -2.33. The van der Waals surface area contributed by atoms with Gasteiger partial charge in [-0.1, -0.05) is 134 Å². The van der Waals surface area contributed by atoms with Crippen molar-refractivity contribution in [2.24, 2.45) is 10.8 Å². The lowest BCUT2D eigenvalue weighted by atomic mass is 9.72. The first-order valence-corrected chi connectivity index (χ1v) is 15.6. The molecule has 0 nitrogen and oxygen atoms in total. The van der Waals surface area contributed by atoms with Crippen LogP contribution in [-0.4, -0.2) is 0 Å². The Kier molecular flexibility index (Phi) is 13.4. The maximum Gasteiger partial charge on any atom is -0.0104 e. The fourth-order valence-electron chi connectivity index (χ4n) is 6.02. The first kappa shape index (κ1) is 33.6.